The Kier molecular flexibility index (Phi) is 6.07. The topological polar surface area (TPSA) is 22.1 Å². The van der Waals surface area contributed by atoms with E-state index in [4.69, 9.17) is 4.74 Å². The van der Waals surface area contributed by atoms with Gasteiger partial charge in [-0.15, -0.1) is 0 Å². The van der Waals surface area contributed by atoms with Crippen molar-refractivity contribution < 1.29 is 4.74 Å². The maximum Gasteiger partial charge on any atom is 0.106 e. The van der Waals surface area contributed by atoms with Crippen LogP contribution in [0.3, 0.4) is 0 Å². The van der Waals surface area contributed by atoms with Gasteiger partial charge in [0, 0.05) is 18.6 Å². The van der Waals surface area contributed by atoms with Crippen LogP contribution in [-0.4, -0.2) is 24.0 Å². The highest BCUT2D eigenvalue weighted by Gasteiger charge is 2.07. The summed E-state index contributed by atoms with van der Waals surface area (Å²) >= 11 is 0. The van der Waals surface area contributed by atoms with Crippen molar-refractivity contribution in [2.75, 3.05) is 13.7 Å². The molecule has 14 heavy (non-hydrogen) atoms. The van der Waals surface area contributed by atoms with Crippen LogP contribution in [-0.2, 0) is 4.74 Å². The Bertz CT molecular complexity index is 243. The molecule has 1 atom stereocenters. The third-order valence-corrected chi connectivity index (χ3v) is 4.58. The van der Waals surface area contributed by atoms with Gasteiger partial charge in [0.15, 0.2) is 0 Å². The first-order valence-electron chi connectivity index (χ1n) is 4.60. The van der Waals surface area contributed by atoms with Crippen LogP contribution in [0.5, 0.6) is 0 Å². The van der Waals surface area contributed by atoms with E-state index in [1.54, 1.807) is 17.9 Å². The lowest BCUT2D eigenvalue weighted by Gasteiger charge is -2.11. The van der Waals surface area contributed by atoms with Crippen molar-refractivity contribution in [3.05, 3.63) is 24.4 Å². The molecule has 0 radical (unpaired) electrons. The molecule has 0 aliphatic rings. The van der Waals surface area contributed by atoms with Gasteiger partial charge in [0.05, 0.1) is 6.61 Å². The molecule has 0 fully saturated rings. The van der Waals surface area contributed by atoms with E-state index in [1.807, 2.05) is 35.2 Å². The summed E-state index contributed by atoms with van der Waals surface area (Å²) < 4.78 is 5.13. The second-order valence-electron chi connectivity index (χ2n) is 2.83. The fraction of sp³-hybridized carbons (Fsp3) is 0.500. The summed E-state index contributed by atoms with van der Waals surface area (Å²) in [4.78, 5) is 4.25. The van der Waals surface area contributed by atoms with Gasteiger partial charge in [-0.2, -0.15) is 0 Å². The van der Waals surface area contributed by atoms with Crippen molar-refractivity contribution in [1.29, 1.82) is 0 Å². The summed E-state index contributed by atoms with van der Waals surface area (Å²) in [6, 6.07) is 5.96. The van der Waals surface area contributed by atoms with E-state index in [0.717, 1.165) is 18.1 Å². The predicted octanol–water partition coefficient (Wildman–Crippen LogP) is 3.25. The van der Waals surface area contributed by atoms with Crippen molar-refractivity contribution >= 4 is 21.6 Å². The zero-order valence-corrected chi connectivity index (χ0v) is 10.1. The van der Waals surface area contributed by atoms with Crippen LogP contribution in [0.1, 0.15) is 13.3 Å². The maximum absolute atomic E-state index is 5.13. The monoisotopic (exact) mass is 229 g/mol. The Morgan fingerprint density at radius 3 is 2.93 bits per heavy atom. The molecule has 78 valence electrons. The van der Waals surface area contributed by atoms with Crippen LogP contribution in [0.25, 0.3) is 0 Å². The zero-order chi connectivity index (χ0) is 10.2. The zero-order valence-electron chi connectivity index (χ0n) is 8.47. The molecule has 2 nitrogen and oxygen atoms in total. The standard InChI is InChI=1S/C10H15NOS2/c1-3-9(8-12-2)13-14-10-6-4-5-7-11-10/h4-7,9H,3,8H2,1-2H3. The molecule has 0 saturated carbocycles. The smallest absolute Gasteiger partial charge is 0.106 e. The van der Waals surface area contributed by atoms with Gasteiger partial charge in [-0.3, -0.25) is 0 Å². The van der Waals surface area contributed by atoms with Gasteiger partial charge in [0.25, 0.3) is 0 Å². The second kappa shape index (κ2) is 7.15. The van der Waals surface area contributed by atoms with E-state index in [-0.39, 0.29) is 0 Å². The predicted molar refractivity (Wildman–Crippen MR) is 63.6 cm³/mol. The van der Waals surface area contributed by atoms with Crippen molar-refractivity contribution in [3.8, 4) is 0 Å². The quantitative estimate of drug-likeness (QED) is 0.698. The lowest BCUT2D eigenvalue weighted by molar-refractivity contribution is 0.198. The number of rotatable bonds is 6. The molecular formula is C10H15NOS2. The van der Waals surface area contributed by atoms with Crippen LogP contribution in [0, 0.1) is 0 Å². The largest absolute Gasteiger partial charge is 0.384 e. The maximum atomic E-state index is 5.13. The molecule has 4 heteroatoms. The minimum atomic E-state index is 0.548. The fourth-order valence-corrected chi connectivity index (χ4v) is 3.29. The first-order chi connectivity index (χ1) is 6.86. The number of ether oxygens (including phenoxy) is 1. The highest BCUT2D eigenvalue weighted by atomic mass is 33.1. The molecular weight excluding hydrogens is 214 g/mol. The number of hydrogen-bond acceptors (Lipinski definition) is 4. The summed E-state index contributed by atoms with van der Waals surface area (Å²) in [5.41, 5.74) is 0. The fourth-order valence-electron chi connectivity index (χ4n) is 0.913. The first kappa shape index (κ1) is 11.9. The summed E-state index contributed by atoms with van der Waals surface area (Å²) in [6.45, 7) is 2.98. The normalized spacial score (nSPS) is 12.7. The molecule has 0 aliphatic carbocycles. The van der Waals surface area contributed by atoms with Crippen LogP contribution >= 0.6 is 21.6 Å². The van der Waals surface area contributed by atoms with Gasteiger partial charge in [0.1, 0.15) is 5.03 Å². The highest BCUT2D eigenvalue weighted by Crippen LogP contribution is 2.34. The SMILES string of the molecule is CCC(COC)SSc1ccccn1. The molecule has 1 unspecified atom stereocenters. The molecule has 1 aromatic rings. The molecule has 0 bridgehead atoms. The number of methoxy groups -OCH3 is 1. The second-order valence-corrected chi connectivity index (χ2v) is 5.35. The first-order valence-corrected chi connectivity index (χ1v) is 6.81. The summed E-state index contributed by atoms with van der Waals surface area (Å²) in [7, 11) is 5.29. The van der Waals surface area contributed by atoms with Crippen molar-refractivity contribution in [2.45, 2.75) is 23.6 Å². The van der Waals surface area contributed by atoms with Gasteiger partial charge < -0.3 is 4.74 Å². The van der Waals surface area contributed by atoms with Gasteiger partial charge in [-0.1, -0.05) is 23.8 Å². The van der Waals surface area contributed by atoms with Crippen molar-refractivity contribution in [1.82, 2.24) is 4.98 Å². The minimum Gasteiger partial charge on any atom is -0.384 e. The Morgan fingerprint density at radius 2 is 2.36 bits per heavy atom. The summed E-state index contributed by atoms with van der Waals surface area (Å²) in [5, 5.41) is 1.61. The number of nitrogens with zero attached hydrogens (tertiary/aromatic N) is 1. The van der Waals surface area contributed by atoms with E-state index in [9.17, 15) is 0 Å². The number of pyridine rings is 1. The van der Waals surface area contributed by atoms with Crippen LogP contribution in [0.15, 0.2) is 29.4 Å². The van der Waals surface area contributed by atoms with Gasteiger partial charge in [-0.25, -0.2) is 4.98 Å². The highest BCUT2D eigenvalue weighted by molar-refractivity contribution is 8.76. The molecule has 0 spiro atoms. The van der Waals surface area contributed by atoms with E-state index in [2.05, 4.69) is 11.9 Å². The molecule has 1 heterocycles. The molecule has 1 rings (SSSR count). The third-order valence-electron chi connectivity index (χ3n) is 1.72. The molecule has 0 amide bonds. The van der Waals surface area contributed by atoms with E-state index in [0.29, 0.717) is 5.25 Å². The molecule has 0 aromatic carbocycles. The average Bonchev–Trinajstić information content (AvgIpc) is 2.25. The van der Waals surface area contributed by atoms with Gasteiger partial charge >= 0.3 is 0 Å². The lowest BCUT2D eigenvalue weighted by Crippen LogP contribution is -2.07. The van der Waals surface area contributed by atoms with E-state index in [1.165, 1.54) is 0 Å². The van der Waals surface area contributed by atoms with Gasteiger partial charge in [0.2, 0.25) is 0 Å². The van der Waals surface area contributed by atoms with Crippen molar-refractivity contribution in [2.24, 2.45) is 0 Å². The average molecular weight is 229 g/mol. The number of aromatic nitrogens is 1. The van der Waals surface area contributed by atoms with Crippen molar-refractivity contribution in [3.63, 3.8) is 0 Å². The summed E-state index contributed by atoms with van der Waals surface area (Å²) in [5.74, 6) is 0. The Labute approximate surface area is 93.2 Å². The molecule has 0 aliphatic heterocycles. The molecule has 0 saturated heterocycles. The minimum absolute atomic E-state index is 0.548. The lowest BCUT2D eigenvalue weighted by atomic mass is 10.3. The van der Waals surface area contributed by atoms with Crippen LogP contribution < -0.4 is 0 Å². The summed E-state index contributed by atoms with van der Waals surface area (Å²) in [6.07, 6.45) is 2.94. The number of hydrogen-bond donors (Lipinski definition) is 0. The molecule has 0 N–H and O–H groups in total. The van der Waals surface area contributed by atoms with Crippen LogP contribution in [0.2, 0.25) is 0 Å². The Balaban J connectivity index is 2.32. The van der Waals surface area contributed by atoms with Crippen LogP contribution in [0.4, 0.5) is 0 Å². The third kappa shape index (κ3) is 4.35. The Morgan fingerprint density at radius 1 is 1.50 bits per heavy atom. The Hall–Kier alpha value is -0.190. The van der Waals surface area contributed by atoms with E-state index >= 15 is 0 Å². The van der Waals surface area contributed by atoms with E-state index < -0.39 is 0 Å². The van der Waals surface area contributed by atoms with Gasteiger partial charge in [-0.05, 0) is 29.3 Å². The molecule has 1 aromatic heterocycles.